The zero-order valence-corrected chi connectivity index (χ0v) is 13.7. The average Bonchev–Trinajstić information content (AvgIpc) is 2.90. The number of hydrogen-bond donors (Lipinski definition) is 3. The molecule has 26 heavy (non-hydrogen) atoms. The number of anilines is 3. The molecule has 4 rings (SSSR count). The molecule has 128 valence electrons. The summed E-state index contributed by atoms with van der Waals surface area (Å²) >= 11 is 0. The standard InChI is InChI=1S/C19H13N3O4/c1-9-3-2-4-11(7-9)20-17-13-8-10(19(25)26)5-6-12(13)14-15(21-17)16(23)18(24)22-14/h2-8H,1H3,(H,20,21)(H,25,26)(H,22,23,24). The van der Waals surface area contributed by atoms with Crippen molar-refractivity contribution in [3.05, 3.63) is 59.3 Å². The van der Waals surface area contributed by atoms with Gasteiger partial charge in [-0.15, -0.1) is 0 Å². The van der Waals surface area contributed by atoms with Gasteiger partial charge in [-0.25, -0.2) is 9.78 Å². The summed E-state index contributed by atoms with van der Waals surface area (Å²) in [5, 5.41) is 16.0. The third-order valence-electron chi connectivity index (χ3n) is 4.19. The number of aromatic nitrogens is 1. The molecule has 0 unspecified atom stereocenters. The van der Waals surface area contributed by atoms with Crippen molar-refractivity contribution in [1.82, 2.24) is 4.98 Å². The fourth-order valence-electron chi connectivity index (χ4n) is 2.97. The first-order valence-corrected chi connectivity index (χ1v) is 7.84. The lowest BCUT2D eigenvalue weighted by atomic mass is 10.0. The summed E-state index contributed by atoms with van der Waals surface area (Å²) < 4.78 is 0. The zero-order valence-electron chi connectivity index (χ0n) is 13.7. The Hall–Kier alpha value is -3.74. The van der Waals surface area contributed by atoms with Crippen molar-refractivity contribution in [2.24, 2.45) is 0 Å². The number of nitrogens with zero attached hydrogens (tertiary/aromatic N) is 1. The number of aryl methyl sites for hydroxylation is 1. The van der Waals surface area contributed by atoms with Crippen LogP contribution in [0.25, 0.3) is 10.8 Å². The van der Waals surface area contributed by atoms with Crippen LogP contribution in [0.3, 0.4) is 0 Å². The first kappa shape index (κ1) is 15.8. The Balaban J connectivity index is 1.96. The predicted molar refractivity (Wildman–Crippen MR) is 96.1 cm³/mol. The molecule has 0 atom stereocenters. The molecule has 7 nitrogen and oxygen atoms in total. The highest BCUT2D eigenvalue weighted by atomic mass is 16.4. The van der Waals surface area contributed by atoms with Gasteiger partial charge in [0.25, 0.3) is 11.7 Å². The molecule has 3 N–H and O–H groups in total. The van der Waals surface area contributed by atoms with Crippen LogP contribution in [0.1, 0.15) is 26.4 Å². The first-order valence-electron chi connectivity index (χ1n) is 7.84. The quantitative estimate of drug-likeness (QED) is 0.628. The minimum absolute atomic E-state index is 0.0285. The average molecular weight is 347 g/mol. The van der Waals surface area contributed by atoms with Crippen LogP contribution in [0.2, 0.25) is 0 Å². The van der Waals surface area contributed by atoms with Crippen LogP contribution in [0.15, 0.2) is 42.5 Å². The number of pyridine rings is 1. The molecule has 0 fully saturated rings. The number of nitrogens with one attached hydrogen (secondary N) is 2. The Morgan fingerprint density at radius 1 is 1.12 bits per heavy atom. The predicted octanol–water partition coefficient (Wildman–Crippen LogP) is 3.12. The van der Waals surface area contributed by atoms with Crippen molar-refractivity contribution in [3.8, 4) is 0 Å². The molecule has 0 aliphatic carbocycles. The van der Waals surface area contributed by atoms with Crippen molar-refractivity contribution in [2.45, 2.75) is 6.92 Å². The number of carboxylic acid groups (broad SMARTS) is 1. The van der Waals surface area contributed by atoms with Gasteiger partial charge in [-0.3, -0.25) is 9.59 Å². The monoisotopic (exact) mass is 347 g/mol. The van der Waals surface area contributed by atoms with Crippen molar-refractivity contribution in [2.75, 3.05) is 10.6 Å². The van der Waals surface area contributed by atoms with E-state index in [-0.39, 0.29) is 11.3 Å². The number of aromatic carboxylic acids is 1. The lowest BCUT2D eigenvalue weighted by molar-refractivity contribution is -0.112. The van der Waals surface area contributed by atoms with Crippen LogP contribution < -0.4 is 10.6 Å². The van der Waals surface area contributed by atoms with Crippen LogP contribution in [-0.4, -0.2) is 27.8 Å². The molecule has 2 heterocycles. The van der Waals surface area contributed by atoms with E-state index in [0.29, 0.717) is 22.3 Å². The van der Waals surface area contributed by atoms with Crippen LogP contribution in [0, 0.1) is 6.92 Å². The Morgan fingerprint density at radius 2 is 1.92 bits per heavy atom. The van der Waals surface area contributed by atoms with Gasteiger partial charge in [0.1, 0.15) is 11.5 Å². The normalized spacial score (nSPS) is 12.8. The van der Waals surface area contributed by atoms with Gasteiger partial charge in [0.2, 0.25) is 0 Å². The van der Waals surface area contributed by atoms with Gasteiger partial charge >= 0.3 is 5.97 Å². The van der Waals surface area contributed by atoms with Gasteiger partial charge in [-0.2, -0.15) is 0 Å². The van der Waals surface area contributed by atoms with E-state index < -0.39 is 17.7 Å². The lowest BCUT2D eigenvalue weighted by Gasteiger charge is -2.13. The summed E-state index contributed by atoms with van der Waals surface area (Å²) in [5.74, 6) is -2.22. The molecule has 7 heteroatoms. The smallest absolute Gasteiger partial charge is 0.335 e. The zero-order chi connectivity index (χ0) is 18.4. The summed E-state index contributed by atoms with van der Waals surface area (Å²) in [6.07, 6.45) is 0. The second-order valence-corrected chi connectivity index (χ2v) is 6.03. The number of Topliss-reactive ketones (excluding diaryl/α,β-unsaturated/α-hetero) is 1. The van der Waals surface area contributed by atoms with Gasteiger partial charge in [0.15, 0.2) is 0 Å². The molecule has 0 bridgehead atoms. The summed E-state index contributed by atoms with van der Waals surface area (Å²) in [7, 11) is 0. The van der Waals surface area contributed by atoms with Crippen molar-refractivity contribution in [1.29, 1.82) is 0 Å². The summed E-state index contributed by atoms with van der Waals surface area (Å²) in [4.78, 5) is 39.5. The summed E-state index contributed by atoms with van der Waals surface area (Å²) in [6.45, 7) is 1.94. The third-order valence-corrected chi connectivity index (χ3v) is 4.19. The number of fused-ring (bicyclic) bond motifs is 3. The van der Waals surface area contributed by atoms with Gasteiger partial charge in [0, 0.05) is 16.5 Å². The maximum absolute atomic E-state index is 12.1. The second kappa shape index (κ2) is 5.66. The number of hydrogen-bond acceptors (Lipinski definition) is 5. The van der Waals surface area contributed by atoms with Crippen molar-refractivity contribution in [3.63, 3.8) is 0 Å². The third kappa shape index (κ3) is 2.46. The molecular weight excluding hydrogens is 334 g/mol. The SMILES string of the molecule is Cc1cccc(Nc2nc3c(c4ccc(C(=O)O)cc24)NC(=O)C3=O)c1. The molecule has 2 aromatic carbocycles. The van der Waals surface area contributed by atoms with E-state index in [9.17, 15) is 19.5 Å². The minimum atomic E-state index is -1.07. The maximum atomic E-state index is 12.1. The highest BCUT2D eigenvalue weighted by Gasteiger charge is 2.32. The van der Waals surface area contributed by atoms with Gasteiger partial charge in [-0.1, -0.05) is 18.2 Å². The second-order valence-electron chi connectivity index (χ2n) is 6.03. The van der Waals surface area contributed by atoms with E-state index in [4.69, 9.17) is 0 Å². The molecule has 1 amide bonds. The van der Waals surface area contributed by atoms with E-state index in [1.165, 1.54) is 12.1 Å². The van der Waals surface area contributed by atoms with Crippen LogP contribution in [0.5, 0.6) is 0 Å². The Morgan fingerprint density at radius 3 is 2.65 bits per heavy atom. The van der Waals surface area contributed by atoms with E-state index in [1.54, 1.807) is 6.07 Å². The fraction of sp³-hybridized carbons (Fsp3) is 0.0526. The van der Waals surface area contributed by atoms with E-state index in [1.807, 2.05) is 31.2 Å². The van der Waals surface area contributed by atoms with Crippen molar-refractivity contribution < 1.29 is 19.5 Å². The van der Waals surface area contributed by atoms with Crippen LogP contribution >= 0.6 is 0 Å². The van der Waals surface area contributed by atoms with E-state index in [2.05, 4.69) is 15.6 Å². The number of carboxylic acids is 1. The van der Waals surface area contributed by atoms with Gasteiger partial charge in [0.05, 0.1) is 11.3 Å². The largest absolute Gasteiger partial charge is 0.478 e. The van der Waals surface area contributed by atoms with Gasteiger partial charge < -0.3 is 15.7 Å². The highest BCUT2D eigenvalue weighted by Crippen LogP contribution is 2.36. The number of carbonyl (C=O) groups excluding carboxylic acids is 2. The van der Waals surface area contributed by atoms with E-state index >= 15 is 0 Å². The molecule has 0 spiro atoms. The number of benzene rings is 2. The topological polar surface area (TPSA) is 108 Å². The molecule has 0 saturated carbocycles. The molecule has 1 aliphatic rings. The van der Waals surface area contributed by atoms with Gasteiger partial charge in [-0.05, 0) is 36.8 Å². The highest BCUT2D eigenvalue weighted by molar-refractivity contribution is 6.52. The number of amides is 1. The molecular formula is C19H13N3O4. The van der Waals surface area contributed by atoms with Crippen LogP contribution in [0.4, 0.5) is 17.2 Å². The Bertz CT molecular complexity index is 1120. The van der Waals surface area contributed by atoms with Crippen LogP contribution in [-0.2, 0) is 4.79 Å². The van der Waals surface area contributed by atoms with E-state index in [0.717, 1.165) is 11.3 Å². The summed E-state index contributed by atoms with van der Waals surface area (Å²) in [5.41, 5.74) is 2.19. The molecule has 1 aliphatic heterocycles. The molecule has 0 saturated heterocycles. The molecule has 3 aromatic rings. The lowest BCUT2D eigenvalue weighted by Crippen LogP contribution is -2.13. The Labute approximate surface area is 147 Å². The number of carbonyl (C=O) groups is 3. The fourth-order valence-corrected chi connectivity index (χ4v) is 2.97. The molecule has 1 aromatic heterocycles. The first-order chi connectivity index (χ1) is 12.4. The number of ketones is 1. The molecule has 0 radical (unpaired) electrons. The summed E-state index contributed by atoms with van der Waals surface area (Å²) in [6, 6.07) is 12.0. The minimum Gasteiger partial charge on any atom is -0.478 e. The Kier molecular flexibility index (Phi) is 3.43. The van der Waals surface area contributed by atoms with Crippen molar-refractivity contribution >= 4 is 45.6 Å². The maximum Gasteiger partial charge on any atom is 0.335 e. The number of rotatable bonds is 3.